The standard InChI is InChI=1S/C10H16F3N3/c1-6-7(2)15-16(8(6)3)5-9(4-14)10(11,12)13/h9H,4-5,14H2,1-3H3. The van der Waals surface area contributed by atoms with Crippen molar-refractivity contribution in [3.05, 3.63) is 17.0 Å². The maximum absolute atomic E-state index is 12.5. The minimum Gasteiger partial charge on any atom is -0.330 e. The molecule has 1 rings (SSSR count). The zero-order valence-electron chi connectivity index (χ0n) is 9.60. The molecule has 0 bridgehead atoms. The van der Waals surface area contributed by atoms with Crippen LogP contribution in [0.5, 0.6) is 0 Å². The Balaban J connectivity index is 2.91. The molecule has 0 radical (unpaired) electrons. The first-order valence-electron chi connectivity index (χ1n) is 5.04. The minimum absolute atomic E-state index is 0.208. The number of alkyl halides is 3. The number of halogens is 3. The van der Waals surface area contributed by atoms with E-state index in [9.17, 15) is 13.2 Å². The van der Waals surface area contributed by atoms with Crippen molar-refractivity contribution in [2.24, 2.45) is 11.7 Å². The third-order valence-corrected chi connectivity index (χ3v) is 2.88. The molecular formula is C10H16F3N3. The van der Waals surface area contributed by atoms with Crippen LogP contribution >= 0.6 is 0 Å². The average Bonchev–Trinajstić information content (AvgIpc) is 2.40. The number of hydrogen-bond donors (Lipinski definition) is 1. The van der Waals surface area contributed by atoms with Gasteiger partial charge < -0.3 is 5.73 Å². The van der Waals surface area contributed by atoms with Crippen LogP contribution in [0.4, 0.5) is 13.2 Å². The fourth-order valence-electron chi connectivity index (χ4n) is 1.48. The molecule has 0 aliphatic heterocycles. The Morgan fingerprint density at radius 3 is 2.19 bits per heavy atom. The highest BCUT2D eigenvalue weighted by Crippen LogP contribution is 2.27. The van der Waals surface area contributed by atoms with E-state index in [1.54, 1.807) is 13.8 Å². The maximum Gasteiger partial charge on any atom is 0.394 e. The highest BCUT2D eigenvalue weighted by Gasteiger charge is 2.39. The summed E-state index contributed by atoms with van der Waals surface area (Å²) in [5.74, 6) is -1.54. The molecular weight excluding hydrogens is 219 g/mol. The van der Waals surface area contributed by atoms with Gasteiger partial charge in [0.2, 0.25) is 0 Å². The second kappa shape index (κ2) is 4.45. The van der Waals surface area contributed by atoms with E-state index in [1.165, 1.54) is 4.68 Å². The Morgan fingerprint density at radius 1 is 1.31 bits per heavy atom. The molecule has 0 aliphatic carbocycles. The summed E-state index contributed by atoms with van der Waals surface area (Å²) in [4.78, 5) is 0. The summed E-state index contributed by atoms with van der Waals surface area (Å²) in [7, 11) is 0. The first kappa shape index (κ1) is 13.0. The lowest BCUT2D eigenvalue weighted by Crippen LogP contribution is -2.34. The summed E-state index contributed by atoms with van der Waals surface area (Å²) < 4.78 is 39.0. The highest BCUT2D eigenvalue weighted by molar-refractivity contribution is 5.22. The molecule has 0 amide bonds. The quantitative estimate of drug-likeness (QED) is 0.870. The summed E-state index contributed by atoms with van der Waals surface area (Å²) in [6, 6.07) is 0. The molecule has 16 heavy (non-hydrogen) atoms. The predicted octanol–water partition coefficient (Wildman–Crippen LogP) is 1.95. The van der Waals surface area contributed by atoms with Gasteiger partial charge in [-0.3, -0.25) is 4.68 Å². The first-order chi connectivity index (χ1) is 7.27. The van der Waals surface area contributed by atoms with Crippen LogP contribution in [0.15, 0.2) is 0 Å². The van der Waals surface area contributed by atoms with Gasteiger partial charge in [0.1, 0.15) is 0 Å². The Hall–Kier alpha value is -1.04. The van der Waals surface area contributed by atoms with E-state index < -0.39 is 18.6 Å². The third-order valence-electron chi connectivity index (χ3n) is 2.88. The van der Waals surface area contributed by atoms with Gasteiger partial charge in [-0.15, -0.1) is 0 Å². The molecule has 1 heterocycles. The molecule has 0 aliphatic rings. The van der Waals surface area contributed by atoms with E-state index in [0.29, 0.717) is 0 Å². The Kier molecular flexibility index (Phi) is 3.62. The summed E-state index contributed by atoms with van der Waals surface area (Å²) in [5.41, 5.74) is 7.59. The van der Waals surface area contributed by atoms with E-state index >= 15 is 0 Å². The van der Waals surface area contributed by atoms with Crippen molar-refractivity contribution in [1.29, 1.82) is 0 Å². The van der Waals surface area contributed by atoms with Crippen molar-refractivity contribution in [2.75, 3.05) is 6.54 Å². The van der Waals surface area contributed by atoms with E-state index in [0.717, 1.165) is 17.0 Å². The second-order valence-corrected chi connectivity index (χ2v) is 3.95. The number of nitrogens with two attached hydrogens (primary N) is 1. The summed E-state index contributed by atoms with van der Waals surface area (Å²) in [5, 5.41) is 4.07. The molecule has 2 N–H and O–H groups in total. The number of nitrogens with zero attached hydrogens (tertiary/aromatic N) is 2. The van der Waals surface area contributed by atoms with Gasteiger partial charge in [-0.1, -0.05) is 0 Å². The molecule has 3 nitrogen and oxygen atoms in total. The third kappa shape index (κ3) is 2.55. The van der Waals surface area contributed by atoms with E-state index in [1.807, 2.05) is 6.92 Å². The van der Waals surface area contributed by atoms with E-state index in [4.69, 9.17) is 5.73 Å². The van der Waals surface area contributed by atoms with Crippen molar-refractivity contribution >= 4 is 0 Å². The van der Waals surface area contributed by atoms with Gasteiger partial charge in [-0.05, 0) is 26.3 Å². The molecule has 1 atom stereocenters. The number of hydrogen-bond acceptors (Lipinski definition) is 2. The SMILES string of the molecule is Cc1nn(CC(CN)C(F)(F)F)c(C)c1C. The smallest absolute Gasteiger partial charge is 0.330 e. The van der Waals surface area contributed by atoms with Crippen LogP contribution in [0.3, 0.4) is 0 Å². The average molecular weight is 235 g/mol. The number of rotatable bonds is 3. The predicted molar refractivity (Wildman–Crippen MR) is 55.0 cm³/mol. The Morgan fingerprint density at radius 2 is 1.88 bits per heavy atom. The summed E-state index contributed by atoms with van der Waals surface area (Å²) >= 11 is 0. The molecule has 6 heteroatoms. The molecule has 92 valence electrons. The van der Waals surface area contributed by atoms with Gasteiger partial charge >= 0.3 is 6.18 Å². The topological polar surface area (TPSA) is 43.8 Å². The van der Waals surface area contributed by atoms with Crippen molar-refractivity contribution in [2.45, 2.75) is 33.5 Å². The van der Waals surface area contributed by atoms with Crippen LogP contribution in [0, 0.1) is 26.7 Å². The molecule has 1 aromatic rings. The first-order valence-corrected chi connectivity index (χ1v) is 5.04. The van der Waals surface area contributed by atoms with Crippen LogP contribution < -0.4 is 5.73 Å². The number of aryl methyl sites for hydroxylation is 1. The second-order valence-electron chi connectivity index (χ2n) is 3.95. The molecule has 0 spiro atoms. The Labute approximate surface area is 92.4 Å². The van der Waals surface area contributed by atoms with Crippen LogP contribution in [0.2, 0.25) is 0 Å². The molecule has 1 aromatic heterocycles. The van der Waals surface area contributed by atoms with Crippen molar-refractivity contribution in [3.63, 3.8) is 0 Å². The highest BCUT2D eigenvalue weighted by atomic mass is 19.4. The van der Waals surface area contributed by atoms with Crippen LogP contribution in [-0.2, 0) is 6.54 Å². The van der Waals surface area contributed by atoms with Crippen LogP contribution in [0.25, 0.3) is 0 Å². The van der Waals surface area contributed by atoms with Crippen LogP contribution in [-0.4, -0.2) is 22.5 Å². The molecule has 0 fully saturated rings. The zero-order valence-corrected chi connectivity index (χ0v) is 9.60. The lowest BCUT2D eigenvalue weighted by molar-refractivity contribution is -0.175. The van der Waals surface area contributed by atoms with Crippen molar-refractivity contribution in [3.8, 4) is 0 Å². The fraction of sp³-hybridized carbons (Fsp3) is 0.700. The van der Waals surface area contributed by atoms with Crippen molar-refractivity contribution < 1.29 is 13.2 Å². The maximum atomic E-state index is 12.5. The van der Waals surface area contributed by atoms with Gasteiger partial charge in [-0.2, -0.15) is 18.3 Å². The molecule has 0 aromatic carbocycles. The fourth-order valence-corrected chi connectivity index (χ4v) is 1.48. The molecule has 1 unspecified atom stereocenters. The van der Waals surface area contributed by atoms with Gasteiger partial charge in [-0.25, -0.2) is 0 Å². The van der Waals surface area contributed by atoms with Crippen molar-refractivity contribution in [1.82, 2.24) is 9.78 Å². The van der Waals surface area contributed by atoms with Crippen LogP contribution in [0.1, 0.15) is 17.0 Å². The molecule has 0 saturated carbocycles. The van der Waals surface area contributed by atoms with E-state index in [-0.39, 0.29) is 6.54 Å². The lowest BCUT2D eigenvalue weighted by Gasteiger charge is -2.19. The lowest BCUT2D eigenvalue weighted by atomic mass is 10.1. The van der Waals surface area contributed by atoms with Gasteiger partial charge in [0.05, 0.1) is 18.2 Å². The normalized spacial score (nSPS) is 14.2. The molecule has 0 saturated heterocycles. The summed E-state index contributed by atoms with van der Waals surface area (Å²) in [6.07, 6.45) is -4.27. The monoisotopic (exact) mass is 235 g/mol. The Bertz CT molecular complexity index is 368. The zero-order chi connectivity index (χ0) is 12.5. The number of aromatic nitrogens is 2. The van der Waals surface area contributed by atoms with Gasteiger partial charge in [0.15, 0.2) is 0 Å². The van der Waals surface area contributed by atoms with Gasteiger partial charge in [0.25, 0.3) is 0 Å². The minimum atomic E-state index is -4.27. The van der Waals surface area contributed by atoms with E-state index in [2.05, 4.69) is 5.10 Å². The largest absolute Gasteiger partial charge is 0.394 e. The van der Waals surface area contributed by atoms with Gasteiger partial charge in [0, 0.05) is 12.2 Å². The summed E-state index contributed by atoms with van der Waals surface area (Å²) in [6.45, 7) is 4.77.